The third kappa shape index (κ3) is 3.91. The van der Waals surface area contributed by atoms with Crippen LogP contribution in [0, 0.1) is 6.92 Å². The largest absolute Gasteiger partial charge is 0.477 e. The van der Waals surface area contributed by atoms with E-state index in [1.54, 1.807) is 19.1 Å². The summed E-state index contributed by atoms with van der Waals surface area (Å²) in [7, 11) is 0. The van der Waals surface area contributed by atoms with Gasteiger partial charge in [0.15, 0.2) is 0 Å². The van der Waals surface area contributed by atoms with E-state index >= 15 is 0 Å². The molecular formula is C13H9Cl2LiNO3. The fourth-order valence-corrected chi connectivity index (χ4v) is 1.77. The Hall–Kier alpha value is -1.18. The average molecular weight is 305 g/mol. The number of benzene rings is 1. The van der Waals surface area contributed by atoms with Crippen molar-refractivity contribution in [2.75, 3.05) is 0 Å². The Balaban J connectivity index is 0.00000200. The molecule has 20 heavy (non-hydrogen) atoms. The van der Waals surface area contributed by atoms with Crippen LogP contribution in [-0.2, 0) is 0 Å². The van der Waals surface area contributed by atoms with E-state index in [2.05, 4.69) is 4.98 Å². The number of aromatic carboxylic acids is 1. The van der Waals surface area contributed by atoms with Crippen molar-refractivity contribution in [3.63, 3.8) is 0 Å². The van der Waals surface area contributed by atoms with Gasteiger partial charge in [-0.05, 0) is 19.1 Å². The first-order chi connectivity index (χ1) is 8.97. The number of ether oxygens (including phenoxy) is 1. The molecule has 1 heterocycles. The van der Waals surface area contributed by atoms with Crippen molar-refractivity contribution in [3.05, 3.63) is 51.8 Å². The van der Waals surface area contributed by atoms with Gasteiger partial charge in [-0.1, -0.05) is 23.2 Å². The van der Waals surface area contributed by atoms with Crippen molar-refractivity contribution in [2.24, 2.45) is 0 Å². The van der Waals surface area contributed by atoms with Gasteiger partial charge in [-0.2, -0.15) is 0 Å². The molecule has 0 aliphatic heterocycles. The van der Waals surface area contributed by atoms with E-state index in [0.717, 1.165) is 0 Å². The van der Waals surface area contributed by atoms with Crippen LogP contribution in [0.3, 0.4) is 0 Å². The van der Waals surface area contributed by atoms with E-state index in [9.17, 15) is 4.79 Å². The van der Waals surface area contributed by atoms with Gasteiger partial charge >= 0.3 is 5.97 Å². The van der Waals surface area contributed by atoms with Crippen molar-refractivity contribution < 1.29 is 14.6 Å². The molecule has 0 unspecified atom stereocenters. The summed E-state index contributed by atoms with van der Waals surface area (Å²) in [6.07, 6.45) is 1.24. The molecule has 0 aliphatic carbocycles. The van der Waals surface area contributed by atoms with Gasteiger partial charge in [-0.25, -0.2) is 4.79 Å². The number of aryl methyl sites for hydroxylation is 1. The predicted molar refractivity (Wildman–Crippen MR) is 78.2 cm³/mol. The van der Waals surface area contributed by atoms with Crippen LogP contribution < -0.4 is 4.74 Å². The molecule has 0 bridgehead atoms. The Labute approximate surface area is 137 Å². The zero-order valence-electron chi connectivity index (χ0n) is 10.9. The topological polar surface area (TPSA) is 59.4 Å². The maximum Gasteiger partial charge on any atom is 0.341 e. The van der Waals surface area contributed by atoms with Gasteiger partial charge in [-0.15, -0.1) is 0 Å². The molecule has 2 rings (SSSR count). The van der Waals surface area contributed by atoms with Crippen molar-refractivity contribution in [1.29, 1.82) is 0 Å². The molecule has 0 saturated carbocycles. The molecule has 1 aromatic carbocycles. The first-order valence-electron chi connectivity index (χ1n) is 5.30. The first-order valence-corrected chi connectivity index (χ1v) is 6.06. The molecule has 0 atom stereocenters. The van der Waals surface area contributed by atoms with Crippen LogP contribution in [0.4, 0.5) is 0 Å². The molecular weight excluding hydrogens is 296 g/mol. The average Bonchev–Trinajstić information content (AvgIpc) is 2.33. The number of halogens is 2. The Morgan fingerprint density at radius 2 is 1.95 bits per heavy atom. The molecule has 2 aromatic rings. The minimum atomic E-state index is -1.12. The quantitative estimate of drug-likeness (QED) is 0.876. The van der Waals surface area contributed by atoms with Gasteiger partial charge in [0.2, 0.25) is 0 Å². The summed E-state index contributed by atoms with van der Waals surface area (Å²) in [6.45, 7) is 1.73. The van der Waals surface area contributed by atoms with Gasteiger partial charge in [0, 0.05) is 47.9 Å². The van der Waals surface area contributed by atoms with E-state index in [4.69, 9.17) is 33.0 Å². The third-order valence-corrected chi connectivity index (χ3v) is 2.89. The maximum absolute atomic E-state index is 11.1. The summed E-state index contributed by atoms with van der Waals surface area (Å²) in [6, 6.07) is 6.24. The van der Waals surface area contributed by atoms with Crippen LogP contribution in [0.1, 0.15) is 16.1 Å². The summed E-state index contributed by atoms with van der Waals surface area (Å²) in [5.41, 5.74) is 0.597. The number of carboxylic acid groups (broad SMARTS) is 1. The van der Waals surface area contributed by atoms with Crippen molar-refractivity contribution >= 4 is 48.0 Å². The zero-order valence-corrected chi connectivity index (χ0v) is 12.4. The minimum Gasteiger partial charge on any atom is -0.477 e. The zero-order chi connectivity index (χ0) is 14.0. The summed E-state index contributed by atoms with van der Waals surface area (Å²) in [4.78, 5) is 15.0. The number of rotatable bonds is 3. The second-order valence-corrected chi connectivity index (χ2v) is 4.65. The first kappa shape index (κ1) is 16.9. The van der Waals surface area contributed by atoms with E-state index in [1.165, 1.54) is 18.3 Å². The van der Waals surface area contributed by atoms with Gasteiger partial charge < -0.3 is 9.84 Å². The second kappa shape index (κ2) is 7.01. The number of carbonyl (C=O) groups is 1. The van der Waals surface area contributed by atoms with Crippen molar-refractivity contribution in [2.45, 2.75) is 6.92 Å². The molecule has 4 nitrogen and oxygen atoms in total. The van der Waals surface area contributed by atoms with Crippen LogP contribution in [0.25, 0.3) is 0 Å². The molecule has 0 spiro atoms. The van der Waals surface area contributed by atoms with Crippen LogP contribution in [0.15, 0.2) is 30.5 Å². The van der Waals surface area contributed by atoms with Gasteiger partial charge in [0.05, 0.1) is 5.02 Å². The summed E-state index contributed by atoms with van der Waals surface area (Å²) < 4.78 is 5.53. The molecule has 1 N–H and O–H groups in total. The smallest absolute Gasteiger partial charge is 0.341 e. The van der Waals surface area contributed by atoms with Crippen LogP contribution in [-0.4, -0.2) is 34.9 Å². The molecule has 99 valence electrons. The molecule has 0 fully saturated rings. The van der Waals surface area contributed by atoms with Gasteiger partial charge in [-0.3, -0.25) is 4.98 Å². The summed E-state index contributed by atoms with van der Waals surface area (Å²) in [5.74, 6) is -0.660. The number of hydrogen-bond acceptors (Lipinski definition) is 3. The van der Waals surface area contributed by atoms with E-state index in [-0.39, 0.29) is 30.2 Å². The van der Waals surface area contributed by atoms with Crippen molar-refractivity contribution in [1.82, 2.24) is 4.98 Å². The number of aromatic nitrogens is 1. The summed E-state index contributed by atoms with van der Waals surface area (Å²) in [5, 5.41) is 9.87. The molecule has 1 radical (unpaired) electrons. The molecule has 0 amide bonds. The number of carboxylic acids is 1. The van der Waals surface area contributed by atoms with E-state index < -0.39 is 5.97 Å². The SMILES string of the molecule is Cc1cc(Oc2cc(Cl)ccc2Cl)c(C(=O)O)cn1.[Li]. The Bertz CT molecular complexity index is 650. The Morgan fingerprint density at radius 1 is 1.25 bits per heavy atom. The molecule has 0 saturated heterocycles. The minimum absolute atomic E-state index is 0. The van der Waals surface area contributed by atoms with E-state index in [0.29, 0.717) is 21.5 Å². The van der Waals surface area contributed by atoms with Gasteiger partial charge in [0.1, 0.15) is 17.1 Å². The number of nitrogens with zero attached hydrogens (tertiary/aromatic N) is 1. The standard InChI is InChI=1S/C13H9Cl2NO3.Li/c1-7-4-11(9(6-16-7)13(17)18)19-12-5-8(14)2-3-10(12)15;/h2-6H,1H3,(H,17,18);. The van der Waals surface area contributed by atoms with Crippen LogP contribution in [0.2, 0.25) is 10.0 Å². The third-order valence-electron chi connectivity index (χ3n) is 2.35. The van der Waals surface area contributed by atoms with Gasteiger partial charge in [0.25, 0.3) is 0 Å². The predicted octanol–water partition coefficient (Wildman–Crippen LogP) is 3.81. The molecule has 7 heteroatoms. The van der Waals surface area contributed by atoms with E-state index in [1.807, 2.05) is 0 Å². The van der Waals surface area contributed by atoms with Crippen molar-refractivity contribution in [3.8, 4) is 11.5 Å². The van der Waals surface area contributed by atoms with Crippen LogP contribution >= 0.6 is 23.2 Å². The number of hydrogen-bond donors (Lipinski definition) is 1. The normalized spacial score (nSPS) is 9.75. The van der Waals surface area contributed by atoms with Crippen LogP contribution in [0.5, 0.6) is 11.5 Å². The molecule has 0 aliphatic rings. The fraction of sp³-hybridized carbons (Fsp3) is 0.0769. The maximum atomic E-state index is 11.1. The Morgan fingerprint density at radius 3 is 2.60 bits per heavy atom. The monoisotopic (exact) mass is 304 g/mol. The molecule has 1 aromatic heterocycles. The Kier molecular flexibility index (Phi) is 5.91. The second-order valence-electron chi connectivity index (χ2n) is 3.80. The summed E-state index contributed by atoms with van der Waals surface area (Å²) >= 11 is 11.8. The fourth-order valence-electron chi connectivity index (χ4n) is 1.45. The number of pyridine rings is 1.